The lowest BCUT2D eigenvalue weighted by molar-refractivity contribution is -0.283. The summed E-state index contributed by atoms with van der Waals surface area (Å²) in [5.74, 6) is -0.226. The Morgan fingerprint density at radius 3 is 0.950 bits per heavy atom. The summed E-state index contributed by atoms with van der Waals surface area (Å²) in [5, 5.41) is 0. The van der Waals surface area contributed by atoms with Crippen molar-refractivity contribution >= 4 is 0 Å². The van der Waals surface area contributed by atoms with Crippen molar-refractivity contribution in [1.29, 1.82) is 0 Å². The molecule has 0 radical (unpaired) electrons. The lowest BCUT2D eigenvalue weighted by Gasteiger charge is -2.49. The summed E-state index contributed by atoms with van der Waals surface area (Å²) in [7, 11) is 0. The molecular weight excluding hydrogens is 261 g/mol. The minimum Gasteiger partial charge on any atom is -0.170 e. The van der Waals surface area contributed by atoms with Crippen LogP contribution in [0, 0.1) is 23.2 Å². The monoisotopic (exact) mass is 288 g/mol. The van der Waals surface area contributed by atoms with E-state index >= 15 is 0 Å². The summed E-state index contributed by atoms with van der Waals surface area (Å²) in [5.41, 5.74) is -1.32. The first kappa shape index (κ1) is 14.7. The van der Waals surface area contributed by atoms with Crippen LogP contribution in [-0.4, -0.2) is 6.18 Å². The molecule has 0 bridgehead atoms. The van der Waals surface area contributed by atoms with E-state index in [1.54, 1.807) is 0 Å². The van der Waals surface area contributed by atoms with E-state index in [1.807, 2.05) is 0 Å². The van der Waals surface area contributed by atoms with E-state index in [2.05, 4.69) is 0 Å². The van der Waals surface area contributed by atoms with Crippen molar-refractivity contribution in [1.82, 2.24) is 0 Å². The number of hydrogen-bond acceptors (Lipinski definition) is 0. The highest BCUT2D eigenvalue weighted by Crippen LogP contribution is 2.65. The molecule has 0 aromatic carbocycles. The third-order valence-electron chi connectivity index (χ3n) is 6.58. The van der Waals surface area contributed by atoms with Gasteiger partial charge < -0.3 is 0 Å². The van der Waals surface area contributed by atoms with E-state index in [4.69, 9.17) is 0 Å². The highest BCUT2D eigenvalue weighted by Gasteiger charge is 2.66. The molecule has 0 saturated heterocycles. The van der Waals surface area contributed by atoms with Gasteiger partial charge in [-0.3, -0.25) is 0 Å². The van der Waals surface area contributed by atoms with Crippen molar-refractivity contribution in [3.8, 4) is 0 Å². The highest BCUT2D eigenvalue weighted by atomic mass is 19.4. The lowest BCUT2D eigenvalue weighted by atomic mass is 9.57. The molecular formula is C17H27F3. The molecule has 3 saturated carbocycles. The van der Waals surface area contributed by atoms with E-state index in [1.165, 1.54) is 0 Å². The molecule has 0 aromatic rings. The minimum atomic E-state index is -3.99. The SMILES string of the molecule is FC(F)(F)C(C1CCCC1)(C1CCCC1)C1CCCC1. The minimum absolute atomic E-state index is 0.0753. The van der Waals surface area contributed by atoms with Crippen molar-refractivity contribution in [2.45, 2.75) is 83.2 Å². The number of hydrogen-bond donors (Lipinski definition) is 0. The molecule has 3 aliphatic carbocycles. The second kappa shape index (κ2) is 5.53. The van der Waals surface area contributed by atoms with Crippen molar-refractivity contribution in [2.24, 2.45) is 23.2 Å². The fourth-order valence-electron chi connectivity index (χ4n) is 5.90. The molecule has 0 heterocycles. The van der Waals surface area contributed by atoms with Crippen LogP contribution in [0.1, 0.15) is 77.0 Å². The van der Waals surface area contributed by atoms with Gasteiger partial charge in [-0.25, -0.2) is 0 Å². The Hall–Kier alpha value is -0.210. The van der Waals surface area contributed by atoms with Crippen molar-refractivity contribution in [3.05, 3.63) is 0 Å². The van der Waals surface area contributed by atoms with Gasteiger partial charge in [0.2, 0.25) is 0 Å². The van der Waals surface area contributed by atoms with Gasteiger partial charge >= 0.3 is 6.18 Å². The quantitative estimate of drug-likeness (QED) is 0.588. The zero-order valence-corrected chi connectivity index (χ0v) is 12.4. The van der Waals surface area contributed by atoms with Gasteiger partial charge in [0.1, 0.15) is 0 Å². The lowest BCUT2D eigenvalue weighted by Crippen LogP contribution is -2.53. The van der Waals surface area contributed by atoms with Crippen molar-refractivity contribution in [2.75, 3.05) is 0 Å². The number of alkyl halides is 3. The third kappa shape index (κ3) is 2.20. The van der Waals surface area contributed by atoms with Crippen LogP contribution in [0.4, 0.5) is 13.2 Å². The maximum absolute atomic E-state index is 14.3. The third-order valence-corrected chi connectivity index (χ3v) is 6.58. The van der Waals surface area contributed by atoms with E-state index in [0.717, 1.165) is 77.0 Å². The van der Waals surface area contributed by atoms with Crippen molar-refractivity contribution < 1.29 is 13.2 Å². The molecule has 0 unspecified atom stereocenters. The average Bonchev–Trinajstić information content (AvgIpc) is 3.13. The predicted octanol–water partition coefficient (Wildman–Crippen LogP) is 6.11. The van der Waals surface area contributed by atoms with Gasteiger partial charge in [-0.05, 0) is 56.3 Å². The molecule has 3 aliphatic rings. The van der Waals surface area contributed by atoms with Crippen LogP contribution in [0.15, 0.2) is 0 Å². The zero-order chi connectivity index (χ0) is 14.2. The Labute approximate surface area is 120 Å². The van der Waals surface area contributed by atoms with Gasteiger partial charge in [-0.15, -0.1) is 0 Å². The molecule has 3 rings (SSSR count). The van der Waals surface area contributed by atoms with E-state index in [0.29, 0.717) is 0 Å². The first-order valence-electron chi connectivity index (χ1n) is 8.63. The number of halogens is 3. The Kier molecular flexibility index (Phi) is 4.07. The molecule has 3 fully saturated rings. The zero-order valence-electron chi connectivity index (χ0n) is 12.4. The van der Waals surface area contributed by atoms with Crippen LogP contribution in [-0.2, 0) is 0 Å². The second-order valence-corrected chi connectivity index (χ2v) is 7.37. The fraction of sp³-hybridized carbons (Fsp3) is 1.00. The molecule has 0 spiro atoms. The molecule has 0 N–H and O–H groups in total. The van der Waals surface area contributed by atoms with Gasteiger partial charge in [-0.2, -0.15) is 13.2 Å². The average molecular weight is 288 g/mol. The number of rotatable bonds is 3. The normalized spacial score (nSPS) is 27.8. The summed E-state index contributed by atoms with van der Waals surface area (Å²) in [4.78, 5) is 0. The predicted molar refractivity (Wildman–Crippen MR) is 74.4 cm³/mol. The van der Waals surface area contributed by atoms with Crippen LogP contribution in [0.5, 0.6) is 0 Å². The van der Waals surface area contributed by atoms with E-state index < -0.39 is 11.6 Å². The summed E-state index contributed by atoms with van der Waals surface area (Å²) < 4.78 is 43.0. The second-order valence-electron chi connectivity index (χ2n) is 7.37. The smallest absolute Gasteiger partial charge is 0.170 e. The summed E-state index contributed by atoms with van der Waals surface area (Å²) in [6, 6.07) is 0. The van der Waals surface area contributed by atoms with Gasteiger partial charge in [-0.1, -0.05) is 38.5 Å². The van der Waals surface area contributed by atoms with Crippen LogP contribution < -0.4 is 0 Å². The molecule has 0 atom stereocenters. The van der Waals surface area contributed by atoms with E-state index in [9.17, 15) is 13.2 Å². The molecule has 20 heavy (non-hydrogen) atoms. The molecule has 0 amide bonds. The topological polar surface area (TPSA) is 0 Å². The van der Waals surface area contributed by atoms with Crippen LogP contribution in [0.25, 0.3) is 0 Å². The Morgan fingerprint density at radius 2 is 0.750 bits per heavy atom. The molecule has 0 aliphatic heterocycles. The van der Waals surface area contributed by atoms with Gasteiger partial charge in [0.25, 0.3) is 0 Å². The van der Waals surface area contributed by atoms with Gasteiger partial charge in [0, 0.05) is 0 Å². The Balaban J connectivity index is 2.01. The summed E-state index contributed by atoms with van der Waals surface area (Å²) in [6.45, 7) is 0. The van der Waals surface area contributed by atoms with E-state index in [-0.39, 0.29) is 17.8 Å². The van der Waals surface area contributed by atoms with Crippen LogP contribution in [0.2, 0.25) is 0 Å². The maximum Gasteiger partial charge on any atom is 0.395 e. The molecule has 0 aromatic heterocycles. The standard InChI is InChI=1S/C17H27F3/c18-17(19,20)16(13-7-1-2-8-13,14-9-3-4-10-14)15-11-5-6-12-15/h13-15H,1-12H2. The Bertz CT molecular complexity index is 275. The molecule has 3 heteroatoms. The fourth-order valence-corrected chi connectivity index (χ4v) is 5.90. The summed E-state index contributed by atoms with van der Waals surface area (Å²) in [6.07, 6.45) is 7.06. The first-order chi connectivity index (χ1) is 9.57. The molecule has 0 nitrogen and oxygen atoms in total. The highest BCUT2D eigenvalue weighted by molar-refractivity contribution is 5.05. The van der Waals surface area contributed by atoms with Crippen LogP contribution >= 0.6 is 0 Å². The first-order valence-corrected chi connectivity index (χ1v) is 8.63. The summed E-state index contributed by atoms with van der Waals surface area (Å²) >= 11 is 0. The maximum atomic E-state index is 14.3. The Morgan fingerprint density at radius 1 is 0.500 bits per heavy atom. The van der Waals surface area contributed by atoms with Crippen molar-refractivity contribution in [3.63, 3.8) is 0 Å². The van der Waals surface area contributed by atoms with Crippen LogP contribution in [0.3, 0.4) is 0 Å². The largest absolute Gasteiger partial charge is 0.395 e. The molecule has 116 valence electrons. The van der Waals surface area contributed by atoms with Gasteiger partial charge in [0.15, 0.2) is 0 Å². The van der Waals surface area contributed by atoms with Gasteiger partial charge in [0.05, 0.1) is 5.41 Å².